The summed E-state index contributed by atoms with van der Waals surface area (Å²) in [6, 6.07) is 10.7. The quantitative estimate of drug-likeness (QED) is 0.762. The lowest BCUT2D eigenvalue weighted by atomic mass is 9.76. The van der Waals surface area contributed by atoms with Gasteiger partial charge in [0.25, 0.3) is 5.72 Å². The third kappa shape index (κ3) is 3.42. The van der Waals surface area contributed by atoms with Crippen LogP contribution in [0.4, 0.5) is 18.0 Å². The number of carbonyl (C=O) groups excluding carboxylic acids is 2. The van der Waals surface area contributed by atoms with Gasteiger partial charge in [-0.05, 0) is 17.7 Å². The molecule has 1 saturated heterocycles. The Kier molecular flexibility index (Phi) is 5.27. The van der Waals surface area contributed by atoms with Crippen LogP contribution in [-0.4, -0.2) is 47.9 Å². The summed E-state index contributed by atoms with van der Waals surface area (Å²) in [7, 11) is 2.23. The second-order valence-electron chi connectivity index (χ2n) is 6.69. The van der Waals surface area contributed by atoms with Crippen LogP contribution in [0.25, 0.3) is 0 Å². The molecule has 0 radical (unpaired) electrons. The summed E-state index contributed by atoms with van der Waals surface area (Å²) in [4.78, 5) is 25.6. The summed E-state index contributed by atoms with van der Waals surface area (Å²) in [6.45, 7) is 0. The molecule has 9 heteroatoms. The molecule has 2 aromatic rings. The summed E-state index contributed by atoms with van der Waals surface area (Å²) in [5.41, 5.74) is -3.49. The molecule has 2 amide bonds. The number of ketones is 1. The van der Waals surface area contributed by atoms with E-state index in [0.29, 0.717) is 5.75 Å². The fourth-order valence-electron chi connectivity index (χ4n) is 3.48. The molecule has 0 bridgehead atoms. The van der Waals surface area contributed by atoms with Crippen molar-refractivity contribution in [3.8, 4) is 5.75 Å². The number of carbonyl (C=O) groups is 2. The van der Waals surface area contributed by atoms with E-state index in [1.165, 1.54) is 55.6 Å². The molecule has 0 aromatic heterocycles. The zero-order chi connectivity index (χ0) is 21.4. The smallest absolute Gasteiger partial charge is 0.437 e. The number of nitrogens with one attached hydrogen (secondary N) is 1. The Hall–Kier alpha value is -3.07. The molecule has 3 unspecified atom stereocenters. The van der Waals surface area contributed by atoms with Gasteiger partial charge in [0.15, 0.2) is 5.78 Å². The molecule has 29 heavy (non-hydrogen) atoms. The van der Waals surface area contributed by atoms with E-state index in [0.717, 1.165) is 7.05 Å². The van der Waals surface area contributed by atoms with Gasteiger partial charge in [-0.15, -0.1) is 0 Å². The number of rotatable bonds is 4. The molecule has 1 fully saturated rings. The Morgan fingerprint density at radius 2 is 1.72 bits per heavy atom. The van der Waals surface area contributed by atoms with E-state index in [1.807, 2.05) is 0 Å². The van der Waals surface area contributed by atoms with Crippen LogP contribution < -0.4 is 10.1 Å². The topological polar surface area (TPSA) is 78.9 Å². The molecule has 0 saturated carbocycles. The predicted molar refractivity (Wildman–Crippen MR) is 97.3 cm³/mol. The van der Waals surface area contributed by atoms with E-state index >= 15 is 0 Å². The van der Waals surface area contributed by atoms with Crippen molar-refractivity contribution in [2.24, 2.45) is 5.92 Å². The SMILES string of the molecule is COc1ccc(C2NC(=O)N(C)C(O)(C(F)(F)F)C2C(=O)c2ccccc2)cc1. The number of urea groups is 1. The molecule has 6 nitrogen and oxygen atoms in total. The Morgan fingerprint density at radius 1 is 1.14 bits per heavy atom. The lowest BCUT2D eigenvalue weighted by molar-refractivity contribution is -0.322. The zero-order valence-electron chi connectivity index (χ0n) is 15.6. The number of alkyl halides is 3. The summed E-state index contributed by atoms with van der Waals surface area (Å²) in [6.07, 6.45) is -5.28. The molecule has 2 N–H and O–H groups in total. The lowest BCUT2D eigenvalue weighted by Crippen LogP contribution is -2.72. The zero-order valence-corrected chi connectivity index (χ0v) is 15.6. The average Bonchev–Trinajstić information content (AvgIpc) is 2.71. The van der Waals surface area contributed by atoms with Gasteiger partial charge in [-0.25, -0.2) is 4.79 Å². The maximum atomic E-state index is 14.0. The average molecular weight is 408 g/mol. The second-order valence-corrected chi connectivity index (χ2v) is 6.69. The van der Waals surface area contributed by atoms with Crippen molar-refractivity contribution in [2.75, 3.05) is 14.2 Å². The molecule has 0 aliphatic carbocycles. The van der Waals surface area contributed by atoms with Crippen LogP contribution in [0.15, 0.2) is 54.6 Å². The van der Waals surface area contributed by atoms with Crippen molar-refractivity contribution in [3.63, 3.8) is 0 Å². The van der Waals surface area contributed by atoms with Crippen molar-refractivity contribution >= 4 is 11.8 Å². The maximum absolute atomic E-state index is 14.0. The Morgan fingerprint density at radius 3 is 2.24 bits per heavy atom. The van der Waals surface area contributed by atoms with Gasteiger partial charge in [-0.3, -0.25) is 9.69 Å². The number of halogens is 3. The third-order valence-corrected chi connectivity index (χ3v) is 5.09. The first-order valence-electron chi connectivity index (χ1n) is 8.68. The fraction of sp³-hybridized carbons (Fsp3) is 0.300. The van der Waals surface area contributed by atoms with Gasteiger partial charge in [0, 0.05) is 12.6 Å². The summed E-state index contributed by atoms with van der Waals surface area (Å²) in [5.74, 6) is -2.54. The van der Waals surface area contributed by atoms with Crippen LogP contribution in [0.2, 0.25) is 0 Å². The minimum absolute atomic E-state index is 0.0109. The minimum Gasteiger partial charge on any atom is -0.497 e. The van der Waals surface area contributed by atoms with Crippen molar-refractivity contribution in [1.82, 2.24) is 10.2 Å². The molecule has 1 aliphatic rings. The van der Waals surface area contributed by atoms with Crippen LogP contribution in [0.3, 0.4) is 0 Å². The first-order chi connectivity index (χ1) is 13.6. The minimum atomic E-state index is -5.28. The highest BCUT2D eigenvalue weighted by molar-refractivity contribution is 6.00. The van der Waals surface area contributed by atoms with Crippen molar-refractivity contribution in [1.29, 1.82) is 0 Å². The van der Waals surface area contributed by atoms with Crippen LogP contribution in [0.5, 0.6) is 5.75 Å². The number of ether oxygens (including phenoxy) is 1. The highest BCUT2D eigenvalue weighted by Gasteiger charge is 2.69. The van der Waals surface area contributed by atoms with E-state index in [-0.39, 0.29) is 16.0 Å². The standard InChI is InChI=1S/C20H19F3N2O4/c1-25-18(27)24-16(12-8-10-14(29-2)11-9-12)15(19(25,28)20(21,22)23)17(26)13-6-4-3-5-7-13/h3-11,15-16,28H,1-2H3,(H,24,27). The highest BCUT2D eigenvalue weighted by atomic mass is 19.4. The first-order valence-corrected chi connectivity index (χ1v) is 8.68. The molecule has 2 aromatic carbocycles. The maximum Gasteiger partial charge on any atom is 0.437 e. The third-order valence-electron chi connectivity index (χ3n) is 5.09. The number of hydrogen-bond donors (Lipinski definition) is 2. The largest absolute Gasteiger partial charge is 0.497 e. The van der Waals surface area contributed by atoms with Crippen molar-refractivity contribution in [2.45, 2.75) is 17.9 Å². The van der Waals surface area contributed by atoms with E-state index in [1.54, 1.807) is 6.07 Å². The number of nitrogens with zero attached hydrogens (tertiary/aromatic N) is 1. The number of hydrogen-bond acceptors (Lipinski definition) is 4. The number of benzene rings is 2. The molecular formula is C20H19F3N2O4. The van der Waals surface area contributed by atoms with Gasteiger partial charge in [-0.2, -0.15) is 13.2 Å². The fourth-order valence-corrected chi connectivity index (χ4v) is 3.48. The van der Waals surface area contributed by atoms with Crippen molar-refractivity contribution < 1.29 is 32.6 Å². The molecule has 0 spiro atoms. The van der Waals surface area contributed by atoms with Gasteiger partial charge in [-0.1, -0.05) is 42.5 Å². The predicted octanol–water partition coefficient (Wildman–Crippen LogP) is 3.14. The second kappa shape index (κ2) is 7.40. The molecular weight excluding hydrogens is 389 g/mol. The number of Topliss-reactive ketones (excluding diaryl/α,β-unsaturated/α-hetero) is 1. The van der Waals surface area contributed by atoms with E-state index < -0.39 is 35.7 Å². The molecule has 154 valence electrons. The summed E-state index contributed by atoms with van der Waals surface area (Å²) < 4.78 is 47.2. The molecule has 1 heterocycles. The van der Waals surface area contributed by atoms with Crippen LogP contribution in [0, 0.1) is 5.92 Å². The van der Waals surface area contributed by atoms with E-state index in [9.17, 15) is 27.9 Å². The van der Waals surface area contributed by atoms with Crippen LogP contribution >= 0.6 is 0 Å². The normalized spacial score (nSPS) is 24.8. The molecule has 1 aliphatic heterocycles. The highest BCUT2D eigenvalue weighted by Crippen LogP contribution is 2.47. The molecule has 3 atom stereocenters. The van der Waals surface area contributed by atoms with Crippen LogP contribution in [0.1, 0.15) is 22.0 Å². The van der Waals surface area contributed by atoms with E-state index in [4.69, 9.17) is 4.74 Å². The first kappa shape index (κ1) is 20.7. The van der Waals surface area contributed by atoms with Gasteiger partial charge in [0.1, 0.15) is 11.7 Å². The van der Waals surface area contributed by atoms with Crippen LogP contribution in [-0.2, 0) is 0 Å². The van der Waals surface area contributed by atoms with Gasteiger partial charge in [0.2, 0.25) is 0 Å². The Balaban J connectivity index is 2.18. The number of methoxy groups -OCH3 is 1. The summed E-state index contributed by atoms with van der Waals surface area (Å²) in [5, 5.41) is 13.2. The molecule has 3 rings (SSSR count). The van der Waals surface area contributed by atoms with Gasteiger partial charge >= 0.3 is 12.2 Å². The van der Waals surface area contributed by atoms with Gasteiger partial charge in [0.05, 0.1) is 13.2 Å². The Labute approximate surface area is 164 Å². The number of aliphatic hydroxyl groups is 1. The Bertz CT molecular complexity index is 902. The summed E-state index contributed by atoms with van der Waals surface area (Å²) >= 11 is 0. The van der Waals surface area contributed by atoms with Gasteiger partial charge < -0.3 is 15.2 Å². The van der Waals surface area contributed by atoms with E-state index in [2.05, 4.69) is 5.32 Å². The number of amides is 2. The van der Waals surface area contributed by atoms with Crippen molar-refractivity contribution in [3.05, 3.63) is 65.7 Å². The monoisotopic (exact) mass is 408 g/mol. The lowest BCUT2D eigenvalue weighted by Gasteiger charge is -2.49.